The number of para-hydroxylation sites is 2. The molecule has 3 aromatic rings. The Morgan fingerprint density at radius 3 is 2.47 bits per heavy atom. The number of hydrogen-bond acceptors (Lipinski definition) is 4. The Balaban J connectivity index is 1.72. The fourth-order valence-corrected chi connectivity index (χ4v) is 3.99. The van der Waals surface area contributed by atoms with Gasteiger partial charge in [-0.3, -0.25) is 4.79 Å². The summed E-state index contributed by atoms with van der Waals surface area (Å²) in [5.41, 5.74) is 2.66. The molecule has 0 unspecified atom stereocenters. The zero-order valence-electron chi connectivity index (χ0n) is 19.0. The van der Waals surface area contributed by atoms with Crippen LogP contribution in [-0.4, -0.2) is 39.8 Å². The van der Waals surface area contributed by atoms with E-state index in [0.29, 0.717) is 19.0 Å². The largest absolute Gasteiger partial charge is 0.439 e. The molecule has 1 amide bonds. The van der Waals surface area contributed by atoms with Gasteiger partial charge in [-0.25, -0.2) is 4.68 Å². The highest BCUT2D eigenvalue weighted by Crippen LogP contribution is 2.32. The van der Waals surface area contributed by atoms with E-state index in [1.54, 1.807) is 0 Å². The van der Waals surface area contributed by atoms with Crippen molar-refractivity contribution in [2.45, 2.75) is 46.3 Å². The molecule has 1 aliphatic rings. The summed E-state index contributed by atoms with van der Waals surface area (Å²) < 4.78 is 14.0. The molecule has 6 heteroatoms. The third-order valence-electron chi connectivity index (χ3n) is 5.70. The molecule has 0 N–H and O–H groups in total. The molecule has 0 spiro atoms. The number of ether oxygens (including phenoxy) is 2. The molecule has 1 atom stereocenters. The highest BCUT2D eigenvalue weighted by molar-refractivity contribution is 5.78. The van der Waals surface area contributed by atoms with Crippen LogP contribution in [0, 0.1) is 12.8 Å². The summed E-state index contributed by atoms with van der Waals surface area (Å²) in [7, 11) is 0. The Bertz CT molecular complexity index is 1030. The van der Waals surface area contributed by atoms with Crippen LogP contribution in [0.1, 0.15) is 37.9 Å². The van der Waals surface area contributed by atoms with Crippen molar-refractivity contribution in [1.82, 2.24) is 14.7 Å². The van der Waals surface area contributed by atoms with Crippen LogP contribution < -0.4 is 4.74 Å². The molecule has 6 nitrogen and oxygen atoms in total. The average Bonchev–Trinajstić information content (AvgIpc) is 3.43. The lowest BCUT2D eigenvalue weighted by atomic mass is 10.1. The number of aryl methyl sites for hydroxylation is 1. The number of carbonyl (C=O) groups is 1. The molecule has 1 saturated heterocycles. The summed E-state index contributed by atoms with van der Waals surface area (Å²) in [5, 5.41) is 4.79. The van der Waals surface area contributed by atoms with Crippen LogP contribution >= 0.6 is 0 Å². The first kappa shape index (κ1) is 22.1. The summed E-state index contributed by atoms with van der Waals surface area (Å²) in [6, 6.07) is 19.6. The molecule has 1 fully saturated rings. The molecule has 2 aromatic carbocycles. The maximum absolute atomic E-state index is 13.1. The molecule has 0 aliphatic carbocycles. The highest BCUT2D eigenvalue weighted by Gasteiger charge is 2.28. The molecule has 2 heterocycles. The van der Waals surface area contributed by atoms with Gasteiger partial charge in [0.1, 0.15) is 5.75 Å². The topological polar surface area (TPSA) is 56.6 Å². The van der Waals surface area contributed by atoms with Gasteiger partial charge >= 0.3 is 0 Å². The molecule has 168 valence electrons. The first-order valence-corrected chi connectivity index (χ1v) is 11.3. The van der Waals surface area contributed by atoms with E-state index in [1.165, 1.54) is 0 Å². The van der Waals surface area contributed by atoms with Gasteiger partial charge in [-0.15, -0.1) is 0 Å². The zero-order chi connectivity index (χ0) is 22.5. The third-order valence-corrected chi connectivity index (χ3v) is 5.70. The molecule has 0 bridgehead atoms. The van der Waals surface area contributed by atoms with Crippen molar-refractivity contribution < 1.29 is 14.3 Å². The first-order chi connectivity index (χ1) is 15.5. The van der Waals surface area contributed by atoms with Gasteiger partial charge < -0.3 is 14.4 Å². The summed E-state index contributed by atoms with van der Waals surface area (Å²) in [6.45, 7) is 7.62. The van der Waals surface area contributed by atoms with Crippen molar-refractivity contribution in [2.24, 2.45) is 5.92 Å². The highest BCUT2D eigenvalue weighted by atomic mass is 16.5. The lowest BCUT2D eigenvalue weighted by molar-refractivity contribution is -0.136. The Morgan fingerprint density at radius 2 is 1.84 bits per heavy atom. The summed E-state index contributed by atoms with van der Waals surface area (Å²) in [4.78, 5) is 15.0. The summed E-state index contributed by atoms with van der Waals surface area (Å²) in [5.74, 6) is 1.37. The number of hydrogen-bond donors (Lipinski definition) is 0. The number of rotatable bonds is 8. The Kier molecular flexibility index (Phi) is 6.90. The number of nitrogens with zero attached hydrogens (tertiary/aromatic N) is 3. The van der Waals surface area contributed by atoms with Crippen molar-refractivity contribution >= 4 is 5.91 Å². The minimum absolute atomic E-state index is 0.0840. The zero-order valence-corrected chi connectivity index (χ0v) is 19.0. The molecule has 1 aliphatic heterocycles. The quantitative estimate of drug-likeness (QED) is 0.494. The minimum Gasteiger partial charge on any atom is -0.439 e. The average molecular weight is 434 g/mol. The molecule has 0 radical (unpaired) electrons. The van der Waals surface area contributed by atoms with Gasteiger partial charge in [0.15, 0.2) is 0 Å². The summed E-state index contributed by atoms with van der Waals surface area (Å²) >= 11 is 0. The van der Waals surface area contributed by atoms with E-state index in [1.807, 2.05) is 91.0 Å². The maximum Gasteiger partial charge on any atom is 0.227 e. The molecule has 4 rings (SSSR count). The number of benzene rings is 2. The smallest absolute Gasteiger partial charge is 0.227 e. The SMILES string of the molecule is Cc1nn(-c2ccccc2)c(Oc2ccccc2)c1CN(C[C@H]1CCCO1)C(=O)C(C)C. The van der Waals surface area contributed by atoms with Crippen molar-refractivity contribution in [2.75, 3.05) is 13.2 Å². The second kappa shape index (κ2) is 10.0. The molecule has 32 heavy (non-hydrogen) atoms. The van der Waals surface area contributed by atoms with Crippen LogP contribution in [0.15, 0.2) is 60.7 Å². The second-order valence-corrected chi connectivity index (χ2v) is 8.54. The third kappa shape index (κ3) is 5.02. The van der Waals surface area contributed by atoms with Gasteiger partial charge in [0.05, 0.1) is 29.6 Å². The standard InChI is InChI=1S/C26H31N3O3/c1-19(2)25(30)28(17-23-15-10-16-31-23)18-24-20(3)27-29(21-11-6-4-7-12-21)26(24)32-22-13-8-5-9-14-22/h4-9,11-14,19,23H,10,15-18H2,1-3H3/t23-/m1/s1. The minimum atomic E-state index is -0.0978. The van der Waals surface area contributed by atoms with Crippen molar-refractivity contribution in [3.63, 3.8) is 0 Å². The molecular weight excluding hydrogens is 402 g/mol. The van der Waals surface area contributed by atoms with Gasteiger partial charge in [-0.1, -0.05) is 50.2 Å². The fraction of sp³-hybridized carbons (Fsp3) is 0.385. The van der Waals surface area contributed by atoms with E-state index in [2.05, 4.69) is 0 Å². The van der Waals surface area contributed by atoms with Crippen molar-refractivity contribution in [3.05, 3.63) is 71.9 Å². The normalized spacial score (nSPS) is 15.8. The predicted molar refractivity (Wildman–Crippen MR) is 124 cm³/mol. The van der Waals surface area contributed by atoms with Crippen LogP contribution in [0.4, 0.5) is 0 Å². The van der Waals surface area contributed by atoms with Gasteiger partial charge in [-0.05, 0) is 44.0 Å². The second-order valence-electron chi connectivity index (χ2n) is 8.54. The molecule has 0 saturated carbocycles. The maximum atomic E-state index is 13.1. The lowest BCUT2D eigenvalue weighted by Crippen LogP contribution is -2.39. The van der Waals surface area contributed by atoms with Crippen molar-refractivity contribution in [3.8, 4) is 17.3 Å². The Morgan fingerprint density at radius 1 is 1.16 bits per heavy atom. The first-order valence-electron chi connectivity index (χ1n) is 11.3. The fourth-order valence-electron chi connectivity index (χ4n) is 3.99. The number of aromatic nitrogens is 2. The van der Waals surface area contributed by atoms with E-state index in [9.17, 15) is 4.79 Å². The summed E-state index contributed by atoms with van der Waals surface area (Å²) in [6.07, 6.45) is 2.11. The van der Waals surface area contributed by atoms with Gasteiger partial charge in [-0.2, -0.15) is 5.10 Å². The van der Waals surface area contributed by atoms with E-state index in [0.717, 1.165) is 42.1 Å². The van der Waals surface area contributed by atoms with Gasteiger partial charge in [0.2, 0.25) is 11.8 Å². The number of carbonyl (C=O) groups excluding carboxylic acids is 1. The van der Waals surface area contributed by atoms with Crippen molar-refractivity contribution in [1.29, 1.82) is 0 Å². The lowest BCUT2D eigenvalue weighted by Gasteiger charge is -2.27. The Hall–Kier alpha value is -3.12. The van der Waals surface area contributed by atoms with Crippen LogP contribution in [-0.2, 0) is 16.1 Å². The van der Waals surface area contributed by atoms with Gasteiger partial charge in [0.25, 0.3) is 0 Å². The van der Waals surface area contributed by atoms with E-state index in [-0.39, 0.29) is 17.9 Å². The molecular formula is C26H31N3O3. The Labute approximate surface area is 189 Å². The monoisotopic (exact) mass is 433 g/mol. The van der Waals surface area contributed by atoms with E-state index < -0.39 is 0 Å². The molecule has 1 aromatic heterocycles. The van der Waals surface area contributed by atoms with Crippen LogP contribution in [0.5, 0.6) is 11.6 Å². The van der Waals surface area contributed by atoms with E-state index in [4.69, 9.17) is 14.6 Å². The van der Waals surface area contributed by atoms with Crippen LogP contribution in [0.25, 0.3) is 5.69 Å². The van der Waals surface area contributed by atoms with Crippen LogP contribution in [0.2, 0.25) is 0 Å². The van der Waals surface area contributed by atoms with E-state index >= 15 is 0 Å². The number of amides is 1. The predicted octanol–water partition coefficient (Wildman–Crippen LogP) is 5.14. The van der Waals surface area contributed by atoms with Crippen LogP contribution in [0.3, 0.4) is 0 Å². The van der Waals surface area contributed by atoms with Gasteiger partial charge in [0, 0.05) is 19.1 Å².